The predicted molar refractivity (Wildman–Crippen MR) is 158 cm³/mol. The number of rotatable bonds is 3. The number of halogens is 1. The van der Waals surface area contributed by atoms with Gasteiger partial charge in [0, 0.05) is 6.42 Å². The number of aliphatic hydroxyl groups is 1. The molecule has 1 aliphatic carbocycles. The van der Waals surface area contributed by atoms with E-state index in [9.17, 15) is 14.2 Å². The molecule has 6 heterocycles. The zero-order chi connectivity index (χ0) is 31.8. The Morgan fingerprint density at radius 3 is 2.47 bits per heavy atom. The SMILES string of the molecule is COc1nn([C@@H]2C[C@@H]3OP(=O)(S)O[C@H]4[C@@H](F)[C@H](n5cnc6c(N)ncnc65)O[C@@H]4COP(=O)(S)O[C@@H]2C3O)c2ncnc(N)c12. The molecule has 242 valence electrons. The smallest absolute Gasteiger partial charge is 0.386 e. The van der Waals surface area contributed by atoms with Gasteiger partial charge in [-0.3, -0.25) is 22.7 Å². The number of imidazole rings is 1. The normalized spacial score (nSPS) is 37.4. The second-order valence-electron chi connectivity index (χ2n) is 10.3. The molecule has 2 aliphatic heterocycles. The molecule has 4 aromatic heterocycles. The van der Waals surface area contributed by atoms with E-state index in [1.54, 1.807) is 0 Å². The highest BCUT2D eigenvalue weighted by Gasteiger charge is 2.55. The van der Waals surface area contributed by atoms with Crippen molar-refractivity contribution >= 4 is 71.9 Å². The summed E-state index contributed by atoms with van der Waals surface area (Å²) in [5.74, 6) is 0.198. The Morgan fingerprint density at radius 2 is 1.71 bits per heavy atom. The summed E-state index contributed by atoms with van der Waals surface area (Å²) in [5, 5.41) is 15.9. The number of aliphatic hydroxyl groups excluding tert-OH is 1. The Kier molecular flexibility index (Phi) is 7.75. The van der Waals surface area contributed by atoms with Crippen LogP contribution in [0.1, 0.15) is 18.7 Å². The number of nitrogens with zero attached hydrogens (tertiary/aromatic N) is 8. The maximum absolute atomic E-state index is 16.1. The molecule has 1 saturated carbocycles. The van der Waals surface area contributed by atoms with Gasteiger partial charge in [0.2, 0.25) is 5.88 Å². The number of nitrogen functional groups attached to an aromatic ring is 2. The van der Waals surface area contributed by atoms with E-state index < -0.39 is 69.2 Å². The standard InChI is InChI=1S/C21H25FN10O9P2S2/c1-36-20-10-16(23)25-4-27-18(10)32(30-20)7-2-8-13(33)14(7)40-42(34,44)37-3-9-15(41-43(35,45)39-8)11(22)21(38-9)31-6-29-12-17(24)26-5-28-19(12)31/h4-9,11,13-15,21,33H,2-3H2,1H3,(H,34,44)(H,35,45)(H2,23,25,27)(H2,24,26,28)/t7-,8+,9-,11-,13?,14+,15-,21-,42?,43?/m1/s1. The van der Waals surface area contributed by atoms with Crippen LogP contribution in [0.25, 0.3) is 22.2 Å². The average molecular weight is 707 g/mol. The Balaban J connectivity index is 1.22. The first-order chi connectivity index (χ1) is 21.4. The summed E-state index contributed by atoms with van der Waals surface area (Å²) >= 11 is 8.18. The van der Waals surface area contributed by atoms with Crippen molar-refractivity contribution in [3.8, 4) is 5.88 Å². The number of anilines is 2. The van der Waals surface area contributed by atoms with Crippen molar-refractivity contribution in [2.24, 2.45) is 0 Å². The van der Waals surface area contributed by atoms with E-state index in [2.05, 4.69) is 54.5 Å². The van der Waals surface area contributed by atoms with Gasteiger partial charge in [0.05, 0.1) is 32.2 Å². The number of methoxy groups -OCH3 is 1. The molecule has 10 atom stereocenters. The van der Waals surface area contributed by atoms with E-state index in [-0.39, 0.29) is 46.1 Å². The lowest BCUT2D eigenvalue weighted by molar-refractivity contribution is -0.0521. The molecule has 5 N–H and O–H groups in total. The van der Waals surface area contributed by atoms with Gasteiger partial charge in [0.15, 0.2) is 29.5 Å². The number of hydrogen-bond acceptors (Lipinski definition) is 17. The lowest BCUT2D eigenvalue weighted by atomic mass is 10.1. The molecule has 4 aromatic rings. The molecule has 0 radical (unpaired) electrons. The van der Waals surface area contributed by atoms with Crippen LogP contribution in [-0.2, 0) is 32.0 Å². The van der Waals surface area contributed by atoms with Gasteiger partial charge >= 0.3 is 13.6 Å². The van der Waals surface area contributed by atoms with Crippen LogP contribution in [0.2, 0.25) is 0 Å². The molecule has 2 bridgehead atoms. The van der Waals surface area contributed by atoms with Gasteiger partial charge < -0.3 is 26.0 Å². The Bertz CT molecular complexity index is 1890. The number of alkyl halides is 1. The van der Waals surface area contributed by atoms with Crippen molar-refractivity contribution in [1.82, 2.24) is 39.3 Å². The lowest BCUT2D eigenvalue weighted by Crippen LogP contribution is -2.37. The fourth-order valence-corrected chi connectivity index (χ4v) is 9.05. The van der Waals surface area contributed by atoms with Crippen molar-refractivity contribution in [2.75, 3.05) is 25.2 Å². The van der Waals surface area contributed by atoms with E-state index in [0.717, 1.165) is 0 Å². The molecule has 24 heteroatoms. The molecule has 0 amide bonds. The fraction of sp³-hybridized carbons (Fsp3) is 0.524. The molecule has 2 saturated heterocycles. The zero-order valence-corrected chi connectivity index (χ0v) is 26.5. The molecule has 7 rings (SSSR count). The van der Waals surface area contributed by atoms with Crippen LogP contribution in [0.3, 0.4) is 0 Å². The maximum Gasteiger partial charge on any atom is 0.386 e. The molecule has 3 unspecified atom stereocenters. The van der Waals surface area contributed by atoms with Gasteiger partial charge in [0.25, 0.3) is 0 Å². The minimum atomic E-state index is -4.45. The number of thiol groups is 2. The van der Waals surface area contributed by atoms with Crippen LogP contribution in [0.4, 0.5) is 16.0 Å². The summed E-state index contributed by atoms with van der Waals surface area (Å²) in [6, 6.07) is -0.970. The Morgan fingerprint density at radius 1 is 1.00 bits per heavy atom. The summed E-state index contributed by atoms with van der Waals surface area (Å²) in [4.78, 5) is 20.3. The molecule has 19 nitrogen and oxygen atoms in total. The molecule has 3 fully saturated rings. The number of hydrogen-bond donors (Lipinski definition) is 5. The van der Waals surface area contributed by atoms with Crippen LogP contribution >= 0.6 is 38.1 Å². The van der Waals surface area contributed by atoms with E-state index in [1.165, 1.54) is 35.3 Å². The third kappa shape index (κ3) is 5.35. The highest BCUT2D eigenvalue weighted by atomic mass is 32.7. The number of ether oxygens (including phenoxy) is 2. The van der Waals surface area contributed by atoms with Crippen LogP contribution in [0, 0.1) is 0 Å². The molecule has 0 aromatic carbocycles. The van der Waals surface area contributed by atoms with Gasteiger partial charge in [-0.05, 0) is 0 Å². The molecule has 3 aliphatic rings. The third-order valence-electron chi connectivity index (χ3n) is 7.67. The van der Waals surface area contributed by atoms with Crippen molar-refractivity contribution < 1.29 is 46.2 Å². The molecule has 45 heavy (non-hydrogen) atoms. The topological polar surface area (TPSA) is 249 Å². The second kappa shape index (κ2) is 11.3. The van der Waals surface area contributed by atoms with E-state index >= 15 is 4.39 Å². The summed E-state index contributed by atoms with van der Waals surface area (Å²) in [6.07, 6.45) is -7.23. The number of aromatic nitrogens is 8. The maximum atomic E-state index is 16.1. The fourth-order valence-electron chi connectivity index (χ4n) is 5.70. The van der Waals surface area contributed by atoms with E-state index in [4.69, 9.17) is 39.0 Å². The number of fused-ring (bicyclic) bond motifs is 5. The van der Waals surface area contributed by atoms with Crippen LogP contribution in [0.5, 0.6) is 5.88 Å². The third-order valence-corrected chi connectivity index (χ3v) is 10.9. The first-order valence-electron chi connectivity index (χ1n) is 13.2. The van der Waals surface area contributed by atoms with Crippen molar-refractivity contribution in [3.63, 3.8) is 0 Å². The van der Waals surface area contributed by atoms with Gasteiger partial charge in [0.1, 0.15) is 53.8 Å². The highest BCUT2D eigenvalue weighted by molar-refractivity contribution is 8.44. The predicted octanol–water partition coefficient (Wildman–Crippen LogP) is 1.64. The summed E-state index contributed by atoms with van der Waals surface area (Å²) in [7, 11) is 1.36. The highest BCUT2D eigenvalue weighted by Crippen LogP contribution is 2.62. The zero-order valence-electron chi connectivity index (χ0n) is 22.9. The van der Waals surface area contributed by atoms with Crippen molar-refractivity contribution in [2.45, 2.75) is 55.4 Å². The van der Waals surface area contributed by atoms with E-state index in [1.807, 2.05) is 0 Å². The largest absolute Gasteiger partial charge is 0.479 e. The van der Waals surface area contributed by atoms with Gasteiger partial charge in [-0.25, -0.2) is 43.1 Å². The van der Waals surface area contributed by atoms with Crippen molar-refractivity contribution in [1.29, 1.82) is 0 Å². The summed E-state index contributed by atoms with van der Waals surface area (Å²) < 4.78 is 79.6. The van der Waals surface area contributed by atoms with Gasteiger partial charge in [-0.15, -0.1) is 5.10 Å². The Hall–Kier alpha value is -2.65. The minimum Gasteiger partial charge on any atom is -0.479 e. The van der Waals surface area contributed by atoms with Gasteiger partial charge in [-0.1, -0.05) is 24.5 Å². The van der Waals surface area contributed by atoms with Crippen LogP contribution < -0.4 is 16.2 Å². The van der Waals surface area contributed by atoms with Crippen molar-refractivity contribution in [3.05, 3.63) is 19.0 Å². The molecular weight excluding hydrogens is 681 g/mol. The first kappa shape index (κ1) is 31.0. The average Bonchev–Trinajstić information content (AvgIpc) is 3.73. The summed E-state index contributed by atoms with van der Waals surface area (Å²) in [5.41, 5.74) is 12.4. The lowest BCUT2D eigenvalue weighted by Gasteiger charge is -2.29. The Labute approximate surface area is 262 Å². The second-order valence-corrected chi connectivity index (χ2v) is 16.0. The quantitative estimate of drug-likeness (QED) is 0.150. The monoisotopic (exact) mass is 706 g/mol. The van der Waals surface area contributed by atoms with Crippen LogP contribution in [0.15, 0.2) is 19.0 Å². The van der Waals surface area contributed by atoms with Gasteiger partial charge in [-0.2, -0.15) is 0 Å². The summed E-state index contributed by atoms with van der Waals surface area (Å²) in [6.45, 7) is -9.39. The van der Waals surface area contributed by atoms with Crippen LogP contribution in [-0.4, -0.2) is 94.8 Å². The van der Waals surface area contributed by atoms with E-state index in [0.29, 0.717) is 0 Å². The first-order valence-corrected chi connectivity index (χ1v) is 18.5. The minimum absolute atomic E-state index is 0.0593. The molecule has 0 spiro atoms. The number of nitrogens with two attached hydrogens (primary N) is 2. The molecular formula is C21H25FN10O9P2S2.